The number of nitrogens with zero attached hydrogens (tertiary/aromatic N) is 1. The second kappa shape index (κ2) is 8.77. The molecule has 2 amide bonds. The Hall–Kier alpha value is -1.75. The minimum absolute atomic E-state index is 0.186. The number of carbonyl (C=O) groups excluding carboxylic acids is 1. The van der Waals surface area contributed by atoms with E-state index < -0.39 is 0 Å². The Kier molecular flexibility index (Phi) is 6.71. The molecule has 1 heterocycles. The molecule has 0 bridgehead atoms. The zero-order chi connectivity index (χ0) is 16.7. The number of piperidine rings is 1. The summed E-state index contributed by atoms with van der Waals surface area (Å²) in [4.78, 5) is 14.6. The van der Waals surface area contributed by atoms with Crippen molar-refractivity contribution >= 4 is 11.7 Å². The Morgan fingerprint density at radius 1 is 1.39 bits per heavy atom. The van der Waals surface area contributed by atoms with Crippen LogP contribution in [0.1, 0.15) is 40.0 Å². The molecule has 1 saturated heterocycles. The fourth-order valence-electron chi connectivity index (χ4n) is 3.15. The van der Waals surface area contributed by atoms with E-state index in [0.717, 1.165) is 6.54 Å². The summed E-state index contributed by atoms with van der Waals surface area (Å²) in [7, 11) is 0. The van der Waals surface area contributed by atoms with Gasteiger partial charge in [0.25, 0.3) is 0 Å². The normalized spacial score (nSPS) is 19.9. The molecule has 5 nitrogen and oxygen atoms in total. The highest BCUT2D eigenvalue weighted by Gasteiger charge is 2.23. The monoisotopic (exact) mass is 319 g/mol. The third-order valence-corrected chi connectivity index (χ3v) is 4.41. The zero-order valence-corrected chi connectivity index (χ0v) is 14.5. The molecule has 0 saturated carbocycles. The minimum atomic E-state index is -0.186. The van der Waals surface area contributed by atoms with Crippen LogP contribution < -0.4 is 15.4 Å². The van der Waals surface area contributed by atoms with Gasteiger partial charge in [0.2, 0.25) is 0 Å². The van der Waals surface area contributed by atoms with Crippen LogP contribution >= 0.6 is 0 Å². The fourth-order valence-corrected chi connectivity index (χ4v) is 3.15. The molecule has 128 valence electrons. The van der Waals surface area contributed by atoms with Gasteiger partial charge in [-0.3, -0.25) is 4.90 Å². The maximum atomic E-state index is 12.1. The number of para-hydroxylation sites is 2. The summed E-state index contributed by atoms with van der Waals surface area (Å²) < 4.78 is 5.52. The predicted octanol–water partition coefficient (Wildman–Crippen LogP) is 3.47. The van der Waals surface area contributed by atoms with Crippen molar-refractivity contribution in [1.29, 1.82) is 0 Å². The first kappa shape index (κ1) is 17.6. The first-order valence-electron chi connectivity index (χ1n) is 8.64. The standard InChI is InChI=1S/C18H29N3O2/c1-4-23-17-11-6-5-10-16(17)20-18(22)19-13-15(3)21-12-8-7-9-14(21)2/h5-6,10-11,14-15H,4,7-9,12-13H2,1-3H3,(H2,19,20,22). The van der Waals surface area contributed by atoms with Gasteiger partial charge in [-0.25, -0.2) is 4.79 Å². The fraction of sp³-hybridized carbons (Fsp3) is 0.611. The summed E-state index contributed by atoms with van der Waals surface area (Å²) in [5, 5.41) is 5.84. The number of rotatable bonds is 6. The van der Waals surface area contributed by atoms with E-state index in [0.29, 0.717) is 36.7 Å². The van der Waals surface area contributed by atoms with Crippen molar-refractivity contribution in [2.24, 2.45) is 0 Å². The highest BCUT2D eigenvalue weighted by atomic mass is 16.5. The summed E-state index contributed by atoms with van der Waals surface area (Å²) in [5.41, 5.74) is 0.700. The van der Waals surface area contributed by atoms with E-state index in [9.17, 15) is 4.79 Å². The number of carbonyl (C=O) groups is 1. The Bertz CT molecular complexity index is 507. The van der Waals surface area contributed by atoms with Crippen LogP contribution in [0.2, 0.25) is 0 Å². The van der Waals surface area contributed by atoms with Gasteiger partial charge in [-0.2, -0.15) is 0 Å². The molecule has 0 radical (unpaired) electrons. The lowest BCUT2D eigenvalue weighted by Gasteiger charge is -2.38. The minimum Gasteiger partial charge on any atom is -0.492 e. The molecule has 2 atom stereocenters. The molecule has 2 unspecified atom stereocenters. The van der Waals surface area contributed by atoms with Crippen LogP contribution in [0, 0.1) is 0 Å². The third-order valence-electron chi connectivity index (χ3n) is 4.41. The van der Waals surface area contributed by atoms with Crippen molar-refractivity contribution in [1.82, 2.24) is 10.2 Å². The molecule has 2 N–H and O–H groups in total. The maximum Gasteiger partial charge on any atom is 0.319 e. The van der Waals surface area contributed by atoms with E-state index in [-0.39, 0.29) is 6.03 Å². The number of urea groups is 1. The van der Waals surface area contributed by atoms with Crippen molar-refractivity contribution in [3.63, 3.8) is 0 Å². The molecule has 2 rings (SSSR count). The van der Waals surface area contributed by atoms with Gasteiger partial charge in [-0.15, -0.1) is 0 Å². The number of benzene rings is 1. The number of hydrogen-bond donors (Lipinski definition) is 2. The molecule has 23 heavy (non-hydrogen) atoms. The van der Waals surface area contributed by atoms with E-state index in [1.807, 2.05) is 31.2 Å². The lowest BCUT2D eigenvalue weighted by Crippen LogP contribution is -2.49. The number of nitrogens with one attached hydrogen (secondary N) is 2. The van der Waals surface area contributed by atoms with Crippen LogP contribution in [0.4, 0.5) is 10.5 Å². The summed E-state index contributed by atoms with van der Waals surface area (Å²) in [6, 6.07) is 8.25. The topological polar surface area (TPSA) is 53.6 Å². The molecule has 1 fully saturated rings. The molecule has 1 aliphatic rings. The molecule has 1 aromatic rings. The van der Waals surface area contributed by atoms with E-state index in [4.69, 9.17) is 4.74 Å². The molecular weight excluding hydrogens is 290 g/mol. The van der Waals surface area contributed by atoms with E-state index in [2.05, 4.69) is 29.4 Å². The highest BCUT2D eigenvalue weighted by Crippen LogP contribution is 2.23. The second-order valence-corrected chi connectivity index (χ2v) is 6.20. The summed E-state index contributed by atoms with van der Waals surface area (Å²) in [6.45, 7) is 8.72. The first-order valence-corrected chi connectivity index (χ1v) is 8.64. The molecule has 1 aliphatic heterocycles. The van der Waals surface area contributed by atoms with E-state index in [1.54, 1.807) is 0 Å². The van der Waals surface area contributed by atoms with Crippen molar-refractivity contribution in [2.75, 3.05) is 25.0 Å². The number of anilines is 1. The zero-order valence-electron chi connectivity index (χ0n) is 14.5. The summed E-state index contributed by atoms with van der Waals surface area (Å²) >= 11 is 0. The average Bonchev–Trinajstić information content (AvgIpc) is 2.55. The lowest BCUT2D eigenvalue weighted by atomic mass is 10.0. The van der Waals surface area contributed by atoms with Gasteiger partial charge >= 0.3 is 6.03 Å². The van der Waals surface area contributed by atoms with Crippen molar-refractivity contribution < 1.29 is 9.53 Å². The van der Waals surface area contributed by atoms with Crippen LogP contribution in [0.5, 0.6) is 5.75 Å². The number of ether oxygens (including phenoxy) is 1. The molecule has 0 aliphatic carbocycles. The van der Waals surface area contributed by atoms with Crippen molar-refractivity contribution in [3.8, 4) is 5.75 Å². The van der Waals surface area contributed by atoms with Crippen LogP contribution in [0.3, 0.4) is 0 Å². The van der Waals surface area contributed by atoms with Crippen LogP contribution in [-0.4, -0.2) is 42.7 Å². The van der Waals surface area contributed by atoms with Gasteiger partial charge < -0.3 is 15.4 Å². The largest absolute Gasteiger partial charge is 0.492 e. The molecular formula is C18H29N3O2. The number of hydrogen-bond acceptors (Lipinski definition) is 3. The maximum absolute atomic E-state index is 12.1. The number of amides is 2. The van der Waals surface area contributed by atoms with Gasteiger partial charge in [-0.05, 0) is 52.3 Å². The molecule has 0 aromatic heterocycles. The van der Waals surface area contributed by atoms with Crippen LogP contribution in [0.25, 0.3) is 0 Å². The number of likely N-dealkylation sites (tertiary alicyclic amines) is 1. The molecule has 5 heteroatoms. The smallest absolute Gasteiger partial charge is 0.319 e. The van der Waals surface area contributed by atoms with E-state index in [1.165, 1.54) is 19.3 Å². The molecule has 0 spiro atoms. The van der Waals surface area contributed by atoms with Gasteiger partial charge in [0, 0.05) is 18.6 Å². The van der Waals surface area contributed by atoms with Crippen LogP contribution in [0.15, 0.2) is 24.3 Å². The van der Waals surface area contributed by atoms with Crippen LogP contribution in [-0.2, 0) is 0 Å². The second-order valence-electron chi connectivity index (χ2n) is 6.20. The Morgan fingerprint density at radius 2 is 2.17 bits per heavy atom. The lowest BCUT2D eigenvalue weighted by molar-refractivity contribution is 0.114. The van der Waals surface area contributed by atoms with Gasteiger partial charge in [0.05, 0.1) is 12.3 Å². The van der Waals surface area contributed by atoms with Crippen molar-refractivity contribution in [2.45, 2.75) is 52.1 Å². The van der Waals surface area contributed by atoms with Gasteiger partial charge in [0.1, 0.15) is 5.75 Å². The van der Waals surface area contributed by atoms with Gasteiger partial charge in [-0.1, -0.05) is 18.6 Å². The molecule has 1 aromatic carbocycles. The Balaban J connectivity index is 1.83. The summed E-state index contributed by atoms with van der Waals surface area (Å²) in [5.74, 6) is 0.697. The first-order chi connectivity index (χ1) is 11.1. The predicted molar refractivity (Wildman–Crippen MR) is 94.1 cm³/mol. The SMILES string of the molecule is CCOc1ccccc1NC(=O)NCC(C)N1CCCCC1C. The highest BCUT2D eigenvalue weighted by molar-refractivity contribution is 5.90. The van der Waals surface area contributed by atoms with Gasteiger partial charge in [0.15, 0.2) is 0 Å². The average molecular weight is 319 g/mol. The third kappa shape index (κ3) is 5.13. The van der Waals surface area contributed by atoms with Crippen molar-refractivity contribution in [3.05, 3.63) is 24.3 Å². The Labute approximate surface area is 139 Å². The Morgan fingerprint density at radius 3 is 2.91 bits per heavy atom. The van der Waals surface area contributed by atoms with E-state index >= 15 is 0 Å². The quantitative estimate of drug-likeness (QED) is 0.844. The summed E-state index contributed by atoms with van der Waals surface area (Å²) in [6.07, 6.45) is 3.81.